The van der Waals surface area contributed by atoms with Crippen molar-refractivity contribution in [1.29, 1.82) is 0 Å². The molecule has 26 heavy (non-hydrogen) atoms. The lowest BCUT2D eigenvalue weighted by atomic mass is 10.1. The first-order valence-corrected chi connectivity index (χ1v) is 7.83. The highest BCUT2D eigenvalue weighted by Crippen LogP contribution is 2.27. The quantitative estimate of drug-likeness (QED) is 0.618. The minimum Gasteiger partial charge on any atom is -0.481 e. The highest BCUT2D eigenvalue weighted by atomic mass is 19.1. The molecular weight excluding hydrogens is 343 g/mol. The molecule has 0 aliphatic carbocycles. The molecule has 0 aromatic carbocycles. The van der Waals surface area contributed by atoms with Gasteiger partial charge in [-0.25, -0.2) is 6.57 Å². The molecule has 3 rings (SSSR count). The maximum absolute atomic E-state index is 13.6. The molecule has 1 aliphatic rings. The summed E-state index contributed by atoms with van der Waals surface area (Å²) in [5, 5.41) is 7.18. The molecule has 2 atom stereocenters. The fourth-order valence-corrected chi connectivity index (χ4v) is 2.74. The van der Waals surface area contributed by atoms with Crippen molar-refractivity contribution in [2.75, 3.05) is 25.6 Å². The summed E-state index contributed by atoms with van der Waals surface area (Å²) in [6.45, 7) is 8.15. The first-order chi connectivity index (χ1) is 12.5. The van der Waals surface area contributed by atoms with Crippen molar-refractivity contribution < 1.29 is 18.7 Å². The summed E-state index contributed by atoms with van der Waals surface area (Å²) in [6.07, 6.45) is 2.05. The van der Waals surface area contributed by atoms with Gasteiger partial charge in [-0.05, 0) is 0 Å². The van der Waals surface area contributed by atoms with Gasteiger partial charge in [-0.3, -0.25) is 9.48 Å². The van der Waals surface area contributed by atoms with Crippen LogP contribution in [0.5, 0.6) is 5.88 Å². The van der Waals surface area contributed by atoms with E-state index in [4.69, 9.17) is 21.8 Å². The van der Waals surface area contributed by atoms with E-state index in [2.05, 4.69) is 20.2 Å². The fourth-order valence-electron chi connectivity index (χ4n) is 2.74. The van der Waals surface area contributed by atoms with Crippen LogP contribution in [0.2, 0.25) is 0 Å². The van der Waals surface area contributed by atoms with E-state index in [1.54, 1.807) is 0 Å². The van der Waals surface area contributed by atoms with E-state index >= 15 is 0 Å². The molecule has 1 aliphatic heterocycles. The monoisotopic (exact) mass is 360 g/mol. The molecule has 136 valence electrons. The Labute approximate surface area is 148 Å². The Balaban J connectivity index is 1.94. The van der Waals surface area contributed by atoms with Crippen LogP contribution in [0.3, 0.4) is 0 Å². The Bertz CT molecular complexity index is 862. The zero-order chi connectivity index (χ0) is 18.7. The second kappa shape index (κ2) is 7.37. The van der Waals surface area contributed by atoms with Crippen LogP contribution < -0.4 is 15.8 Å². The SMILES string of the molecule is [C-]#[N+]C1CCOCC1n1cc(C(N)=O)c(Nc2cc(F)nc(OC)c2)n1. The molecule has 2 aromatic rings. The van der Waals surface area contributed by atoms with Gasteiger partial charge in [-0.2, -0.15) is 14.5 Å². The van der Waals surface area contributed by atoms with Gasteiger partial charge in [0.25, 0.3) is 5.91 Å². The molecule has 3 N–H and O–H groups in total. The van der Waals surface area contributed by atoms with Crippen LogP contribution >= 0.6 is 0 Å². The largest absolute Gasteiger partial charge is 0.481 e. The summed E-state index contributed by atoms with van der Waals surface area (Å²) in [7, 11) is 1.36. The lowest BCUT2D eigenvalue weighted by Crippen LogP contribution is -2.32. The molecular formula is C16H17FN6O3. The highest BCUT2D eigenvalue weighted by molar-refractivity contribution is 5.98. The minimum absolute atomic E-state index is 0.0707. The van der Waals surface area contributed by atoms with Crippen molar-refractivity contribution >= 4 is 17.4 Å². The van der Waals surface area contributed by atoms with E-state index in [0.29, 0.717) is 25.3 Å². The molecule has 10 heteroatoms. The first kappa shape index (κ1) is 17.6. The lowest BCUT2D eigenvalue weighted by Gasteiger charge is -2.23. The molecule has 9 nitrogen and oxygen atoms in total. The predicted octanol–water partition coefficient (Wildman–Crippen LogP) is 1.52. The molecule has 1 saturated heterocycles. The number of aromatic nitrogens is 3. The number of ether oxygens (including phenoxy) is 2. The number of rotatable bonds is 5. The number of nitrogens with zero attached hydrogens (tertiary/aromatic N) is 4. The summed E-state index contributed by atoms with van der Waals surface area (Å²) in [5.74, 6) is -1.22. The van der Waals surface area contributed by atoms with Gasteiger partial charge in [0.2, 0.25) is 17.9 Å². The van der Waals surface area contributed by atoms with Crippen LogP contribution in [-0.4, -0.2) is 47.0 Å². The number of hydrogen-bond donors (Lipinski definition) is 2. The Hall–Kier alpha value is -3.19. The van der Waals surface area contributed by atoms with E-state index in [9.17, 15) is 9.18 Å². The first-order valence-electron chi connectivity index (χ1n) is 7.83. The Morgan fingerprint density at radius 1 is 1.58 bits per heavy atom. The molecule has 2 unspecified atom stereocenters. The average molecular weight is 360 g/mol. The number of methoxy groups -OCH3 is 1. The number of pyridine rings is 1. The van der Waals surface area contributed by atoms with Gasteiger partial charge < -0.3 is 25.4 Å². The van der Waals surface area contributed by atoms with Gasteiger partial charge >= 0.3 is 0 Å². The van der Waals surface area contributed by atoms with Gasteiger partial charge in [0.15, 0.2) is 5.82 Å². The molecule has 0 saturated carbocycles. The Kier molecular flexibility index (Phi) is 4.99. The van der Waals surface area contributed by atoms with Crippen molar-refractivity contribution in [3.63, 3.8) is 0 Å². The topological polar surface area (TPSA) is 109 Å². The van der Waals surface area contributed by atoms with E-state index in [0.717, 1.165) is 6.07 Å². The predicted molar refractivity (Wildman–Crippen MR) is 89.6 cm³/mol. The lowest BCUT2D eigenvalue weighted by molar-refractivity contribution is 0.0506. The number of nitrogens with two attached hydrogens (primary N) is 1. The Morgan fingerprint density at radius 2 is 2.38 bits per heavy atom. The second-order valence-electron chi connectivity index (χ2n) is 5.71. The van der Waals surface area contributed by atoms with E-state index in [1.165, 1.54) is 24.1 Å². The average Bonchev–Trinajstić information content (AvgIpc) is 3.05. The number of primary amides is 1. The summed E-state index contributed by atoms with van der Waals surface area (Å²) in [4.78, 5) is 18.9. The summed E-state index contributed by atoms with van der Waals surface area (Å²) in [5.41, 5.74) is 5.85. The van der Waals surface area contributed by atoms with Crippen LogP contribution in [0.15, 0.2) is 18.3 Å². The van der Waals surface area contributed by atoms with Crippen molar-refractivity contribution in [2.45, 2.75) is 18.5 Å². The third-order valence-corrected chi connectivity index (χ3v) is 4.04. The number of nitrogens with one attached hydrogen (secondary N) is 1. The van der Waals surface area contributed by atoms with E-state index < -0.39 is 11.9 Å². The van der Waals surface area contributed by atoms with Crippen LogP contribution in [0.4, 0.5) is 15.9 Å². The molecule has 1 amide bonds. The summed E-state index contributed by atoms with van der Waals surface area (Å²) >= 11 is 0. The summed E-state index contributed by atoms with van der Waals surface area (Å²) in [6, 6.07) is 1.95. The number of anilines is 2. The maximum atomic E-state index is 13.6. The third-order valence-electron chi connectivity index (χ3n) is 4.04. The zero-order valence-corrected chi connectivity index (χ0v) is 14.0. The number of hydrogen-bond acceptors (Lipinski definition) is 6. The normalized spacial score (nSPS) is 19.6. The smallest absolute Gasteiger partial charge is 0.254 e. The molecule has 2 aromatic heterocycles. The van der Waals surface area contributed by atoms with Gasteiger partial charge in [0.05, 0.1) is 20.3 Å². The summed E-state index contributed by atoms with van der Waals surface area (Å²) < 4.78 is 25.4. The number of carbonyl (C=O) groups is 1. The zero-order valence-electron chi connectivity index (χ0n) is 14.0. The van der Waals surface area contributed by atoms with E-state index in [1.807, 2.05) is 0 Å². The molecule has 0 radical (unpaired) electrons. The fraction of sp³-hybridized carbons (Fsp3) is 0.375. The maximum Gasteiger partial charge on any atom is 0.254 e. The van der Waals surface area contributed by atoms with Crippen LogP contribution in [0, 0.1) is 12.5 Å². The second-order valence-corrected chi connectivity index (χ2v) is 5.71. The third kappa shape index (κ3) is 3.57. The highest BCUT2D eigenvalue weighted by Gasteiger charge is 2.33. The molecule has 1 fully saturated rings. The van der Waals surface area contributed by atoms with Crippen LogP contribution in [0.1, 0.15) is 22.8 Å². The van der Waals surface area contributed by atoms with Crippen molar-refractivity contribution in [3.05, 3.63) is 41.3 Å². The molecule has 0 bridgehead atoms. The van der Waals surface area contributed by atoms with Gasteiger partial charge in [-0.15, -0.1) is 0 Å². The number of carbonyl (C=O) groups excluding carboxylic acids is 1. The molecule has 3 heterocycles. The van der Waals surface area contributed by atoms with Crippen molar-refractivity contribution in [2.24, 2.45) is 5.73 Å². The minimum atomic E-state index is -0.749. The van der Waals surface area contributed by atoms with Gasteiger partial charge in [0.1, 0.15) is 11.6 Å². The number of amides is 1. The van der Waals surface area contributed by atoms with Gasteiger partial charge in [-0.1, -0.05) is 0 Å². The van der Waals surface area contributed by atoms with Crippen molar-refractivity contribution in [1.82, 2.24) is 14.8 Å². The molecule has 0 spiro atoms. The van der Waals surface area contributed by atoms with Crippen LogP contribution in [0.25, 0.3) is 4.85 Å². The number of halogens is 1. The van der Waals surface area contributed by atoms with Gasteiger partial charge in [0, 0.05) is 30.4 Å². The Morgan fingerprint density at radius 3 is 3.08 bits per heavy atom. The van der Waals surface area contributed by atoms with Crippen LogP contribution in [-0.2, 0) is 4.74 Å². The standard InChI is InChI=1S/C16H17FN6O3/c1-19-11-3-4-26-8-12(11)23-7-10(15(18)24)16(22-23)20-9-5-13(17)21-14(6-9)25-2/h5-7,11-12H,3-4,8H2,2H3,(H2,18,24)(H,20,21,22). The van der Waals surface area contributed by atoms with Crippen molar-refractivity contribution in [3.8, 4) is 5.88 Å². The van der Waals surface area contributed by atoms with E-state index in [-0.39, 0.29) is 29.3 Å².